The van der Waals surface area contributed by atoms with Crippen LogP contribution in [0.1, 0.15) is 37.9 Å². The number of rotatable bonds is 4. The standard InChI is InChI=1S/C25H20BrClN2O5S/c1-12(2)34-24(31)21-13(3)28-25-29(22(21)14-4-6-16(27)7-5-14)23(30)20(35-25)9-15-8-18-19(10-17(15)26)33-11-32-18/h4-10,12,22H,11H2,1-3H3/b20-9-/t22-/m1/s1. The number of carbonyl (C=O) groups is 1. The van der Waals surface area contributed by atoms with Gasteiger partial charge in [-0.05, 0) is 62.2 Å². The average molecular weight is 576 g/mol. The molecule has 35 heavy (non-hydrogen) atoms. The van der Waals surface area contributed by atoms with Crippen LogP contribution in [0.5, 0.6) is 11.5 Å². The molecular weight excluding hydrogens is 556 g/mol. The van der Waals surface area contributed by atoms with Gasteiger partial charge in [0, 0.05) is 9.50 Å². The van der Waals surface area contributed by atoms with Gasteiger partial charge in [0.15, 0.2) is 16.3 Å². The number of esters is 1. The first-order valence-corrected chi connectivity index (χ1v) is 12.8. The summed E-state index contributed by atoms with van der Waals surface area (Å²) in [7, 11) is 0. The maximum atomic E-state index is 13.7. The molecule has 0 unspecified atom stereocenters. The lowest BCUT2D eigenvalue weighted by atomic mass is 9.96. The number of hydrogen-bond donors (Lipinski definition) is 0. The Bertz CT molecular complexity index is 1560. The Morgan fingerprint density at radius 2 is 1.94 bits per heavy atom. The second-order valence-electron chi connectivity index (χ2n) is 8.31. The van der Waals surface area contributed by atoms with Crippen molar-refractivity contribution in [1.29, 1.82) is 0 Å². The van der Waals surface area contributed by atoms with Crippen LogP contribution in [0.3, 0.4) is 0 Å². The van der Waals surface area contributed by atoms with E-state index < -0.39 is 12.0 Å². The van der Waals surface area contributed by atoms with E-state index in [4.69, 9.17) is 25.8 Å². The molecular formula is C25H20BrClN2O5S. The Morgan fingerprint density at radius 1 is 1.26 bits per heavy atom. The third-order valence-electron chi connectivity index (χ3n) is 5.55. The van der Waals surface area contributed by atoms with Crippen molar-refractivity contribution in [3.8, 4) is 11.5 Å². The first kappa shape index (κ1) is 23.8. The molecule has 2 aromatic carbocycles. The fraction of sp³-hybridized carbons (Fsp3) is 0.240. The molecule has 0 aliphatic carbocycles. The second kappa shape index (κ2) is 9.29. The van der Waals surface area contributed by atoms with Crippen molar-refractivity contribution < 1.29 is 19.0 Å². The van der Waals surface area contributed by atoms with Crippen molar-refractivity contribution in [3.63, 3.8) is 0 Å². The van der Waals surface area contributed by atoms with E-state index in [9.17, 15) is 9.59 Å². The Balaban J connectivity index is 1.70. The van der Waals surface area contributed by atoms with Crippen LogP contribution in [-0.2, 0) is 9.53 Å². The molecule has 180 valence electrons. The van der Waals surface area contributed by atoms with Crippen LogP contribution in [0.4, 0.5) is 0 Å². The van der Waals surface area contributed by atoms with E-state index in [2.05, 4.69) is 20.9 Å². The number of nitrogens with zero attached hydrogens (tertiary/aromatic N) is 2. The number of fused-ring (bicyclic) bond motifs is 2. The summed E-state index contributed by atoms with van der Waals surface area (Å²) in [5.74, 6) is 0.747. The van der Waals surface area contributed by atoms with Gasteiger partial charge in [-0.2, -0.15) is 0 Å². The van der Waals surface area contributed by atoms with Crippen LogP contribution in [0.25, 0.3) is 6.08 Å². The summed E-state index contributed by atoms with van der Waals surface area (Å²) in [4.78, 5) is 32.0. The Hall–Kier alpha value is -2.88. The van der Waals surface area contributed by atoms with Gasteiger partial charge in [0.05, 0.1) is 27.9 Å². The molecule has 0 radical (unpaired) electrons. The minimum absolute atomic E-state index is 0.156. The molecule has 0 saturated heterocycles. The minimum atomic E-state index is -0.697. The second-order valence-corrected chi connectivity index (χ2v) is 10.6. The van der Waals surface area contributed by atoms with Gasteiger partial charge in [-0.1, -0.05) is 51.0 Å². The van der Waals surface area contributed by atoms with Crippen LogP contribution >= 0.6 is 38.9 Å². The van der Waals surface area contributed by atoms with Gasteiger partial charge in [-0.25, -0.2) is 9.79 Å². The Morgan fingerprint density at radius 3 is 2.63 bits per heavy atom. The third-order valence-corrected chi connectivity index (χ3v) is 7.47. The molecule has 0 amide bonds. The fourth-order valence-corrected chi connectivity index (χ4v) is 5.61. The molecule has 7 nitrogen and oxygen atoms in total. The fourth-order valence-electron chi connectivity index (χ4n) is 4.01. The van der Waals surface area contributed by atoms with Crippen molar-refractivity contribution >= 4 is 50.9 Å². The van der Waals surface area contributed by atoms with Gasteiger partial charge in [0.1, 0.15) is 0 Å². The van der Waals surface area contributed by atoms with Gasteiger partial charge < -0.3 is 14.2 Å². The Labute approximate surface area is 218 Å². The number of hydrogen-bond acceptors (Lipinski definition) is 7. The summed E-state index contributed by atoms with van der Waals surface area (Å²) in [6.45, 7) is 5.47. The zero-order valence-electron chi connectivity index (χ0n) is 19.0. The molecule has 3 heterocycles. The highest BCUT2D eigenvalue weighted by molar-refractivity contribution is 9.10. The Kier molecular flexibility index (Phi) is 6.33. The number of thiazole rings is 1. The smallest absolute Gasteiger partial charge is 0.338 e. The lowest BCUT2D eigenvalue weighted by Crippen LogP contribution is -2.40. The van der Waals surface area contributed by atoms with Crippen LogP contribution < -0.4 is 24.4 Å². The van der Waals surface area contributed by atoms with E-state index in [1.54, 1.807) is 55.7 Å². The predicted octanol–water partition coefficient (Wildman–Crippen LogP) is 4.33. The molecule has 2 aliphatic rings. The highest BCUT2D eigenvalue weighted by atomic mass is 79.9. The van der Waals surface area contributed by atoms with Crippen LogP contribution in [-0.4, -0.2) is 23.4 Å². The van der Waals surface area contributed by atoms with Gasteiger partial charge in [-0.3, -0.25) is 9.36 Å². The summed E-state index contributed by atoms with van der Waals surface area (Å²) >= 11 is 10.9. The lowest BCUT2D eigenvalue weighted by Gasteiger charge is -2.25. The summed E-state index contributed by atoms with van der Waals surface area (Å²) in [6.07, 6.45) is 1.46. The normalized spacial score (nSPS) is 17.0. The molecule has 3 aromatic rings. The van der Waals surface area contributed by atoms with E-state index in [1.807, 2.05) is 12.1 Å². The lowest BCUT2D eigenvalue weighted by molar-refractivity contribution is -0.143. The molecule has 1 atom stereocenters. The summed E-state index contributed by atoms with van der Waals surface area (Å²) < 4.78 is 19.2. The summed E-state index contributed by atoms with van der Waals surface area (Å²) in [5.41, 5.74) is 2.06. The largest absolute Gasteiger partial charge is 0.459 e. The van der Waals surface area contributed by atoms with E-state index in [1.165, 1.54) is 11.3 Å². The van der Waals surface area contributed by atoms with Crippen LogP contribution in [0.2, 0.25) is 5.02 Å². The van der Waals surface area contributed by atoms with Gasteiger partial charge in [0.25, 0.3) is 5.56 Å². The summed E-state index contributed by atoms with van der Waals surface area (Å²) in [6, 6.07) is 10.0. The minimum Gasteiger partial charge on any atom is -0.459 e. The molecule has 0 fully saturated rings. The molecule has 0 N–H and O–H groups in total. The maximum Gasteiger partial charge on any atom is 0.338 e. The highest BCUT2D eigenvalue weighted by Gasteiger charge is 2.33. The monoisotopic (exact) mass is 574 g/mol. The molecule has 0 spiro atoms. The number of aromatic nitrogens is 1. The molecule has 2 aliphatic heterocycles. The van der Waals surface area contributed by atoms with E-state index in [0.29, 0.717) is 37.1 Å². The van der Waals surface area contributed by atoms with E-state index in [0.717, 1.165) is 15.6 Å². The zero-order valence-corrected chi connectivity index (χ0v) is 22.2. The first-order valence-electron chi connectivity index (χ1n) is 10.8. The van der Waals surface area contributed by atoms with Crippen molar-refractivity contribution in [2.75, 3.05) is 6.79 Å². The van der Waals surface area contributed by atoms with E-state index >= 15 is 0 Å². The van der Waals surface area contributed by atoms with Gasteiger partial charge >= 0.3 is 5.97 Å². The third kappa shape index (κ3) is 4.44. The molecule has 1 aromatic heterocycles. The maximum absolute atomic E-state index is 13.7. The SMILES string of the molecule is CC1=C(C(=O)OC(C)C)[C@@H](c2ccc(Cl)cc2)n2c(s/c(=C\c3cc4c(cc3Br)OCO4)c2=O)=N1. The number of carbonyl (C=O) groups excluding carboxylic acids is 1. The van der Waals surface area contributed by atoms with Crippen LogP contribution in [0, 0.1) is 0 Å². The van der Waals surface area contributed by atoms with Crippen molar-refractivity contribution in [3.05, 3.63) is 88.0 Å². The number of ether oxygens (including phenoxy) is 3. The van der Waals surface area contributed by atoms with Crippen molar-refractivity contribution in [2.24, 2.45) is 4.99 Å². The van der Waals surface area contributed by atoms with Crippen molar-refractivity contribution in [1.82, 2.24) is 4.57 Å². The molecule has 10 heteroatoms. The van der Waals surface area contributed by atoms with Crippen LogP contribution in [0.15, 0.2) is 61.9 Å². The first-order chi connectivity index (χ1) is 16.7. The summed E-state index contributed by atoms with van der Waals surface area (Å²) in [5, 5.41) is 0.556. The molecule has 0 saturated carbocycles. The molecule has 0 bridgehead atoms. The molecule has 5 rings (SSSR count). The van der Waals surface area contributed by atoms with Gasteiger partial charge in [-0.15, -0.1) is 0 Å². The topological polar surface area (TPSA) is 79.1 Å². The average Bonchev–Trinajstić information content (AvgIpc) is 3.36. The number of allylic oxidation sites excluding steroid dienone is 1. The number of halogens is 2. The van der Waals surface area contributed by atoms with Crippen molar-refractivity contribution in [2.45, 2.75) is 32.9 Å². The van der Waals surface area contributed by atoms with Gasteiger partial charge in [0.2, 0.25) is 6.79 Å². The predicted molar refractivity (Wildman–Crippen MR) is 137 cm³/mol. The highest BCUT2D eigenvalue weighted by Crippen LogP contribution is 2.37. The van der Waals surface area contributed by atoms with E-state index in [-0.39, 0.29) is 18.5 Å². The zero-order chi connectivity index (χ0) is 24.9. The quantitative estimate of drug-likeness (QED) is 0.433. The number of benzene rings is 2.